The molecule has 0 spiro atoms. The first kappa shape index (κ1) is 17.7. The van der Waals surface area contributed by atoms with Crippen LogP contribution in [0, 0.1) is 10.1 Å². The van der Waals surface area contributed by atoms with Crippen molar-refractivity contribution in [2.24, 2.45) is 0 Å². The van der Waals surface area contributed by atoms with Crippen LogP contribution in [0.4, 0.5) is 10.8 Å². The number of hydrogen-bond acceptors (Lipinski definition) is 8. The summed E-state index contributed by atoms with van der Waals surface area (Å²) >= 11 is 1.30. The topological polar surface area (TPSA) is 113 Å². The Balaban J connectivity index is 1.56. The van der Waals surface area contributed by atoms with E-state index < -0.39 is 10.8 Å². The highest BCUT2D eigenvalue weighted by molar-refractivity contribution is 7.22. The monoisotopic (exact) mass is 399 g/mol. The molecule has 1 amide bonds. The Morgan fingerprint density at radius 2 is 2.14 bits per heavy atom. The molecule has 3 aromatic rings. The second-order valence-corrected chi connectivity index (χ2v) is 6.70. The van der Waals surface area contributed by atoms with Crippen LogP contribution in [0.2, 0.25) is 0 Å². The van der Waals surface area contributed by atoms with Crippen molar-refractivity contribution in [1.82, 2.24) is 4.98 Å². The zero-order valence-corrected chi connectivity index (χ0v) is 15.3. The lowest BCUT2D eigenvalue weighted by Crippen LogP contribution is -2.07. The summed E-state index contributed by atoms with van der Waals surface area (Å²) < 4.78 is 16.5. The summed E-state index contributed by atoms with van der Waals surface area (Å²) in [7, 11) is 1.55. The average Bonchev–Trinajstić information content (AvgIpc) is 3.30. The number of amides is 1. The molecule has 0 aliphatic carbocycles. The van der Waals surface area contributed by atoms with Gasteiger partial charge in [0.15, 0.2) is 16.6 Å². The Labute approximate surface area is 162 Å². The van der Waals surface area contributed by atoms with Gasteiger partial charge >= 0.3 is 0 Å². The maximum absolute atomic E-state index is 12.2. The SMILES string of the molecule is COc1cccc2sc(NC(=O)/C=C/c3cc4c(cc3[N+](=O)[O-])OCO4)nc12. The normalized spacial score (nSPS) is 12.5. The molecule has 1 aliphatic heterocycles. The number of aromatic nitrogens is 1. The van der Waals surface area contributed by atoms with Crippen LogP contribution in [0.3, 0.4) is 0 Å². The molecule has 0 saturated carbocycles. The molecule has 10 heteroatoms. The Morgan fingerprint density at radius 3 is 2.89 bits per heavy atom. The van der Waals surface area contributed by atoms with Gasteiger partial charge < -0.3 is 14.2 Å². The summed E-state index contributed by atoms with van der Waals surface area (Å²) in [5, 5.41) is 14.3. The van der Waals surface area contributed by atoms with Crippen LogP contribution in [0.5, 0.6) is 17.2 Å². The van der Waals surface area contributed by atoms with E-state index in [1.807, 2.05) is 12.1 Å². The smallest absolute Gasteiger partial charge is 0.280 e. The number of nitrogens with one attached hydrogen (secondary N) is 1. The summed E-state index contributed by atoms with van der Waals surface area (Å²) in [6.07, 6.45) is 2.55. The summed E-state index contributed by atoms with van der Waals surface area (Å²) in [6, 6.07) is 8.24. The first-order valence-corrected chi connectivity index (χ1v) is 8.87. The van der Waals surface area contributed by atoms with Crippen LogP contribution in [0.25, 0.3) is 16.3 Å². The van der Waals surface area contributed by atoms with Crippen LogP contribution in [-0.2, 0) is 4.79 Å². The molecule has 0 saturated heterocycles. The van der Waals surface area contributed by atoms with Gasteiger partial charge in [-0.15, -0.1) is 0 Å². The summed E-state index contributed by atoms with van der Waals surface area (Å²) in [4.78, 5) is 27.3. The van der Waals surface area contributed by atoms with E-state index in [0.29, 0.717) is 27.9 Å². The number of para-hydroxylation sites is 1. The van der Waals surface area contributed by atoms with Gasteiger partial charge in [-0.2, -0.15) is 0 Å². The van der Waals surface area contributed by atoms with Crippen molar-refractivity contribution >= 4 is 44.4 Å². The van der Waals surface area contributed by atoms with Crippen molar-refractivity contribution in [3.63, 3.8) is 0 Å². The summed E-state index contributed by atoms with van der Waals surface area (Å²) in [5.41, 5.74) is 0.703. The Kier molecular flexibility index (Phi) is 4.53. The number of fused-ring (bicyclic) bond motifs is 2. The molecule has 2 heterocycles. The van der Waals surface area contributed by atoms with E-state index in [4.69, 9.17) is 14.2 Å². The molecule has 2 aromatic carbocycles. The molecule has 0 bridgehead atoms. The first-order chi connectivity index (χ1) is 13.5. The lowest BCUT2D eigenvalue weighted by molar-refractivity contribution is -0.385. The van der Waals surface area contributed by atoms with Gasteiger partial charge in [0.25, 0.3) is 5.69 Å². The van der Waals surface area contributed by atoms with Crippen LogP contribution >= 0.6 is 11.3 Å². The molecule has 28 heavy (non-hydrogen) atoms. The molecule has 4 rings (SSSR count). The van der Waals surface area contributed by atoms with Crippen LogP contribution in [0.1, 0.15) is 5.56 Å². The van der Waals surface area contributed by atoms with Gasteiger partial charge in [0.1, 0.15) is 11.3 Å². The van der Waals surface area contributed by atoms with Crippen molar-refractivity contribution in [3.8, 4) is 17.2 Å². The molecule has 0 atom stereocenters. The highest BCUT2D eigenvalue weighted by atomic mass is 32.1. The van der Waals surface area contributed by atoms with E-state index in [2.05, 4.69) is 10.3 Å². The van der Waals surface area contributed by atoms with Gasteiger partial charge in [-0.25, -0.2) is 4.98 Å². The Morgan fingerprint density at radius 1 is 1.36 bits per heavy atom. The predicted octanol–water partition coefficient (Wildman–Crippen LogP) is 3.59. The number of carbonyl (C=O) groups excluding carboxylic acids is 1. The maximum atomic E-state index is 12.2. The van der Waals surface area contributed by atoms with Gasteiger partial charge in [0.2, 0.25) is 12.7 Å². The summed E-state index contributed by atoms with van der Waals surface area (Å²) in [6.45, 7) is 0.00120. The highest BCUT2D eigenvalue weighted by Gasteiger charge is 2.22. The van der Waals surface area contributed by atoms with E-state index in [1.54, 1.807) is 13.2 Å². The van der Waals surface area contributed by atoms with Crippen LogP contribution in [0.15, 0.2) is 36.4 Å². The minimum atomic E-state index is -0.542. The number of hydrogen-bond donors (Lipinski definition) is 1. The average molecular weight is 399 g/mol. The molecular formula is C18H13N3O6S. The molecule has 1 aliphatic rings. The van der Waals surface area contributed by atoms with Gasteiger partial charge in [-0.1, -0.05) is 17.4 Å². The van der Waals surface area contributed by atoms with Crippen molar-refractivity contribution < 1.29 is 23.9 Å². The number of anilines is 1. The molecule has 1 aromatic heterocycles. The number of methoxy groups -OCH3 is 1. The highest BCUT2D eigenvalue weighted by Crippen LogP contribution is 2.38. The molecule has 9 nitrogen and oxygen atoms in total. The fourth-order valence-corrected chi connectivity index (χ4v) is 3.58. The number of carbonyl (C=O) groups is 1. The van der Waals surface area contributed by atoms with E-state index in [0.717, 1.165) is 4.70 Å². The number of rotatable bonds is 5. The van der Waals surface area contributed by atoms with Crippen molar-refractivity contribution in [2.45, 2.75) is 0 Å². The van der Waals surface area contributed by atoms with Crippen LogP contribution in [-0.4, -0.2) is 29.7 Å². The first-order valence-electron chi connectivity index (χ1n) is 8.06. The standard InChI is InChI=1S/C18H13N3O6S/c1-25-12-3-2-4-15-17(12)20-18(28-15)19-16(22)6-5-10-7-13-14(27-9-26-13)8-11(10)21(23)24/h2-8H,9H2,1H3,(H,19,20,22)/b6-5+. The fourth-order valence-electron chi connectivity index (χ4n) is 2.69. The van der Waals surface area contributed by atoms with E-state index in [1.165, 1.54) is 35.6 Å². The molecule has 0 radical (unpaired) electrons. The fraction of sp³-hybridized carbons (Fsp3) is 0.111. The van der Waals surface area contributed by atoms with E-state index in [-0.39, 0.29) is 18.0 Å². The largest absolute Gasteiger partial charge is 0.494 e. The van der Waals surface area contributed by atoms with Crippen molar-refractivity contribution in [1.29, 1.82) is 0 Å². The molecular weight excluding hydrogens is 386 g/mol. The minimum absolute atomic E-state index is 0.00120. The van der Waals surface area contributed by atoms with Gasteiger partial charge in [-0.05, 0) is 24.3 Å². The zero-order chi connectivity index (χ0) is 19.7. The lowest BCUT2D eigenvalue weighted by Gasteiger charge is -2.01. The lowest BCUT2D eigenvalue weighted by atomic mass is 10.1. The summed E-state index contributed by atoms with van der Waals surface area (Å²) in [5.74, 6) is 0.839. The van der Waals surface area contributed by atoms with Crippen molar-refractivity contribution in [2.75, 3.05) is 19.2 Å². The van der Waals surface area contributed by atoms with E-state index >= 15 is 0 Å². The number of benzene rings is 2. The van der Waals surface area contributed by atoms with Gasteiger partial charge in [0.05, 0.1) is 28.4 Å². The predicted molar refractivity (Wildman–Crippen MR) is 103 cm³/mol. The number of thiazole rings is 1. The van der Waals surface area contributed by atoms with Crippen LogP contribution < -0.4 is 19.5 Å². The third kappa shape index (κ3) is 3.32. The second-order valence-electron chi connectivity index (χ2n) is 5.67. The number of nitro groups is 1. The van der Waals surface area contributed by atoms with Crippen molar-refractivity contribution in [3.05, 3.63) is 52.1 Å². The third-order valence-electron chi connectivity index (χ3n) is 3.96. The third-order valence-corrected chi connectivity index (χ3v) is 4.90. The zero-order valence-electron chi connectivity index (χ0n) is 14.5. The molecule has 142 valence electrons. The van der Waals surface area contributed by atoms with Gasteiger partial charge in [-0.3, -0.25) is 20.2 Å². The van der Waals surface area contributed by atoms with E-state index in [9.17, 15) is 14.9 Å². The minimum Gasteiger partial charge on any atom is -0.494 e. The molecule has 0 unspecified atom stereocenters. The number of nitrogens with zero attached hydrogens (tertiary/aromatic N) is 2. The Bertz CT molecular complexity index is 1120. The number of nitro benzene ring substituents is 1. The Hall–Kier alpha value is -3.66. The van der Waals surface area contributed by atoms with Gasteiger partial charge in [0, 0.05) is 6.08 Å². The second kappa shape index (κ2) is 7.16. The number of ether oxygens (including phenoxy) is 3. The maximum Gasteiger partial charge on any atom is 0.280 e. The molecule has 0 fully saturated rings. The quantitative estimate of drug-likeness (QED) is 0.396. The molecule has 1 N–H and O–H groups in total.